The number of hydrogen-bond acceptors (Lipinski definition) is 2. The van der Waals surface area contributed by atoms with Gasteiger partial charge < -0.3 is 10.8 Å². The third-order valence-electron chi connectivity index (χ3n) is 1.74. The van der Waals surface area contributed by atoms with Crippen LogP contribution in [0.5, 0.6) is 0 Å². The molecule has 1 aliphatic rings. The molecule has 0 aromatic rings. The maximum atomic E-state index is 8.97. The summed E-state index contributed by atoms with van der Waals surface area (Å²) < 4.78 is 0. The molecular formula is C7H17NO. The van der Waals surface area contributed by atoms with Gasteiger partial charge in [0.25, 0.3) is 0 Å². The van der Waals surface area contributed by atoms with Crippen LogP contribution < -0.4 is 5.73 Å². The van der Waals surface area contributed by atoms with Crippen molar-refractivity contribution in [3.05, 3.63) is 0 Å². The fraction of sp³-hybridized carbons (Fsp3) is 1.00. The number of nitrogens with two attached hydrogens (primary N) is 1. The average molecular weight is 131 g/mol. The molecule has 2 nitrogen and oxygen atoms in total. The first kappa shape index (κ1) is 8.92. The lowest BCUT2D eigenvalue weighted by molar-refractivity contribution is 0.123. The number of hydrogen-bond donors (Lipinski definition) is 2. The van der Waals surface area contributed by atoms with Gasteiger partial charge in [0.15, 0.2) is 0 Å². The summed E-state index contributed by atoms with van der Waals surface area (Å²) in [5.41, 5.74) is 5.59. The van der Waals surface area contributed by atoms with E-state index in [9.17, 15) is 0 Å². The van der Waals surface area contributed by atoms with Crippen molar-refractivity contribution in [1.29, 1.82) is 0 Å². The smallest absolute Gasteiger partial charge is 0.0541 e. The van der Waals surface area contributed by atoms with Gasteiger partial charge in [0.2, 0.25) is 0 Å². The maximum Gasteiger partial charge on any atom is 0.0541 e. The molecule has 2 heteroatoms. The molecule has 0 atom stereocenters. The zero-order chi connectivity index (χ0) is 5.98. The first-order valence-electron chi connectivity index (χ1n) is 3.22. The Balaban J connectivity index is 0.000000640. The van der Waals surface area contributed by atoms with Crippen molar-refractivity contribution >= 4 is 0 Å². The van der Waals surface area contributed by atoms with E-state index < -0.39 is 0 Å². The van der Waals surface area contributed by atoms with Crippen LogP contribution in [0, 0.1) is 0 Å². The molecule has 0 aromatic heterocycles. The summed E-state index contributed by atoms with van der Waals surface area (Å²) in [6.07, 6.45) is 3.75. The van der Waals surface area contributed by atoms with Crippen LogP contribution in [-0.2, 0) is 0 Å². The summed E-state index contributed by atoms with van der Waals surface area (Å²) in [7, 11) is 0. The molecule has 0 saturated heterocycles. The van der Waals surface area contributed by atoms with Crippen molar-refractivity contribution in [2.24, 2.45) is 5.73 Å². The molecule has 0 aliphatic heterocycles. The van der Waals surface area contributed by atoms with Gasteiger partial charge in [-0.1, -0.05) is 7.43 Å². The minimum absolute atomic E-state index is 0. The van der Waals surface area contributed by atoms with E-state index in [0.717, 1.165) is 25.7 Å². The van der Waals surface area contributed by atoms with E-state index in [1.54, 1.807) is 0 Å². The number of aliphatic hydroxyl groups is 1. The zero-order valence-corrected chi connectivity index (χ0v) is 5.01. The Morgan fingerprint density at radius 1 is 1.11 bits per heavy atom. The molecule has 1 aliphatic carbocycles. The molecule has 56 valence electrons. The molecule has 0 amide bonds. The first-order chi connectivity index (χ1) is 3.79. The summed E-state index contributed by atoms with van der Waals surface area (Å²) in [6, 6.07) is 0.360. The molecule has 0 spiro atoms. The van der Waals surface area contributed by atoms with Crippen molar-refractivity contribution in [1.82, 2.24) is 0 Å². The van der Waals surface area contributed by atoms with Crippen molar-refractivity contribution in [3.63, 3.8) is 0 Å². The molecule has 0 aromatic carbocycles. The van der Waals surface area contributed by atoms with Gasteiger partial charge in [0.1, 0.15) is 0 Å². The Bertz CT molecular complexity index is 57.3. The van der Waals surface area contributed by atoms with Crippen molar-refractivity contribution in [3.8, 4) is 0 Å². The van der Waals surface area contributed by atoms with Gasteiger partial charge in [-0.2, -0.15) is 0 Å². The lowest BCUT2D eigenvalue weighted by atomic mass is 9.94. The molecule has 0 unspecified atom stereocenters. The monoisotopic (exact) mass is 131 g/mol. The third kappa shape index (κ3) is 2.82. The fourth-order valence-corrected chi connectivity index (χ4v) is 1.10. The van der Waals surface area contributed by atoms with Crippen LogP contribution in [0.3, 0.4) is 0 Å². The van der Waals surface area contributed by atoms with E-state index in [4.69, 9.17) is 10.8 Å². The molecule has 3 N–H and O–H groups in total. The van der Waals surface area contributed by atoms with Crippen LogP contribution in [-0.4, -0.2) is 17.3 Å². The molecule has 1 fully saturated rings. The van der Waals surface area contributed by atoms with Gasteiger partial charge in [-0.25, -0.2) is 0 Å². The fourth-order valence-electron chi connectivity index (χ4n) is 1.10. The molecule has 0 bridgehead atoms. The molecule has 1 rings (SSSR count). The molecule has 0 radical (unpaired) electrons. The van der Waals surface area contributed by atoms with Gasteiger partial charge >= 0.3 is 0 Å². The van der Waals surface area contributed by atoms with E-state index in [0.29, 0.717) is 6.04 Å². The Kier molecular flexibility index (Phi) is 3.82. The largest absolute Gasteiger partial charge is 0.393 e. The van der Waals surface area contributed by atoms with E-state index in [2.05, 4.69) is 0 Å². The van der Waals surface area contributed by atoms with Gasteiger partial charge in [-0.05, 0) is 25.7 Å². The summed E-state index contributed by atoms with van der Waals surface area (Å²) in [5.74, 6) is 0. The van der Waals surface area contributed by atoms with E-state index in [1.165, 1.54) is 0 Å². The summed E-state index contributed by atoms with van der Waals surface area (Å²) in [4.78, 5) is 0. The highest BCUT2D eigenvalue weighted by atomic mass is 16.3. The Morgan fingerprint density at radius 3 is 1.89 bits per heavy atom. The third-order valence-corrected chi connectivity index (χ3v) is 1.74. The van der Waals surface area contributed by atoms with Gasteiger partial charge in [0.05, 0.1) is 6.10 Å². The van der Waals surface area contributed by atoms with Crippen molar-refractivity contribution < 1.29 is 5.11 Å². The second-order valence-corrected chi connectivity index (χ2v) is 2.57. The Hall–Kier alpha value is -0.0800. The quantitative estimate of drug-likeness (QED) is 0.512. The van der Waals surface area contributed by atoms with E-state index >= 15 is 0 Å². The summed E-state index contributed by atoms with van der Waals surface area (Å²) in [6.45, 7) is 0. The summed E-state index contributed by atoms with van der Waals surface area (Å²) in [5, 5.41) is 8.97. The van der Waals surface area contributed by atoms with E-state index in [-0.39, 0.29) is 13.5 Å². The SMILES string of the molecule is C.NC1CCC(O)CC1. The van der Waals surface area contributed by atoms with Crippen LogP contribution in [0.2, 0.25) is 0 Å². The molecule has 9 heavy (non-hydrogen) atoms. The minimum atomic E-state index is -0.0604. The highest BCUT2D eigenvalue weighted by Gasteiger charge is 2.14. The topological polar surface area (TPSA) is 46.2 Å². The minimum Gasteiger partial charge on any atom is -0.393 e. The van der Waals surface area contributed by atoms with E-state index in [1.807, 2.05) is 0 Å². The average Bonchev–Trinajstić information content (AvgIpc) is 1.77. The normalized spacial score (nSPS) is 35.3. The van der Waals surface area contributed by atoms with Crippen LogP contribution in [0.15, 0.2) is 0 Å². The van der Waals surface area contributed by atoms with Gasteiger partial charge in [0, 0.05) is 6.04 Å². The zero-order valence-electron chi connectivity index (χ0n) is 5.01. The van der Waals surface area contributed by atoms with Gasteiger partial charge in [-0.3, -0.25) is 0 Å². The van der Waals surface area contributed by atoms with Crippen LogP contribution in [0.1, 0.15) is 33.1 Å². The lowest BCUT2D eigenvalue weighted by Crippen LogP contribution is -2.28. The Morgan fingerprint density at radius 2 is 1.56 bits per heavy atom. The van der Waals surface area contributed by atoms with Crippen LogP contribution in [0.25, 0.3) is 0 Å². The predicted molar refractivity (Wildman–Crippen MR) is 39.2 cm³/mol. The second kappa shape index (κ2) is 3.85. The second-order valence-electron chi connectivity index (χ2n) is 2.57. The first-order valence-corrected chi connectivity index (χ1v) is 3.22. The van der Waals surface area contributed by atoms with Gasteiger partial charge in [-0.15, -0.1) is 0 Å². The highest BCUT2D eigenvalue weighted by molar-refractivity contribution is 4.72. The van der Waals surface area contributed by atoms with Crippen LogP contribution in [0.4, 0.5) is 0 Å². The molecule has 1 saturated carbocycles. The van der Waals surface area contributed by atoms with Crippen molar-refractivity contribution in [2.45, 2.75) is 45.3 Å². The predicted octanol–water partition coefficient (Wildman–Crippen LogP) is 0.885. The molecule has 0 heterocycles. The number of rotatable bonds is 0. The van der Waals surface area contributed by atoms with Crippen LogP contribution >= 0.6 is 0 Å². The highest BCUT2D eigenvalue weighted by Crippen LogP contribution is 2.15. The maximum absolute atomic E-state index is 8.97. The standard InChI is InChI=1S/C6H13NO.CH4/c7-5-1-3-6(8)4-2-5;/h5-6,8H,1-4,7H2;1H4. The summed E-state index contributed by atoms with van der Waals surface area (Å²) >= 11 is 0. The Labute approximate surface area is 57.1 Å². The molecular weight excluding hydrogens is 114 g/mol. The van der Waals surface area contributed by atoms with Crippen molar-refractivity contribution in [2.75, 3.05) is 0 Å². The lowest BCUT2D eigenvalue weighted by Gasteiger charge is -2.21. The number of aliphatic hydroxyl groups excluding tert-OH is 1.